The first kappa shape index (κ1) is 22.0. The molecule has 4 rings (SSSR count). The molecule has 0 saturated carbocycles. The highest BCUT2D eigenvalue weighted by Gasteiger charge is 2.17. The average Bonchev–Trinajstić information content (AvgIpc) is 3.20. The summed E-state index contributed by atoms with van der Waals surface area (Å²) in [4.78, 5) is 7.17. The molecule has 0 spiro atoms. The molecule has 32 heavy (non-hydrogen) atoms. The lowest BCUT2D eigenvalue weighted by Gasteiger charge is -2.18. The third-order valence-corrected chi connectivity index (χ3v) is 5.82. The van der Waals surface area contributed by atoms with E-state index in [1.54, 1.807) is 12.1 Å². The first-order valence-corrected chi connectivity index (χ1v) is 11.5. The van der Waals surface area contributed by atoms with E-state index in [-0.39, 0.29) is 6.10 Å². The SMILES string of the molecule is CCCCN1CCc2ccc(-c3noc(-c4ccc(OC(C)C)c(C#N)c4)n3)cc2CC1. The second-order valence-electron chi connectivity index (χ2n) is 8.59. The number of hydrogen-bond donors (Lipinski definition) is 0. The summed E-state index contributed by atoms with van der Waals surface area (Å²) in [6.07, 6.45) is 4.61. The molecule has 6 nitrogen and oxygen atoms in total. The Labute approximate surface area is 189 Å². The average molecular weight is 431 g/mol. The highest BCUT2D eigenvalue weighted by atomic mass is 16.5. The van der Waals surface area contributed by atoms with Crippen molar-refractivity contribution < 1.29 is 9.26 Å². The van der Waals surface area contributed by atoms with Crippen molar-refractivity contribution in [2.75, 3.05) is 19.6 Å². The molecule has 0 aliphatic carbocycles. The fraction of sp³-hybridized carbons (Fsp3) is 0.423. The van der Waals surface area contributed by atoms with Gasteiger partial charge in [-0.15, -0.1) is 0 Å². The summed E-state index contributed by atoms with van der Waals surface area (Å²) in [6, 6.07) is 14.0. The smallest absolute Gasteiger partial charge is 0.258 e. The quantitative estimate of drug-likeness (QED) is 0.509. The first-order valence-electron chi connectivity index (χ1n) is 11.5. The molecule has 2 aromatic carbocycles. The minimum Gasteiger partial charge on any atom is -0.490 e. The molecule has 1 aromatic heterocycles. The predicted octanol–water partition coefficient (Wildman–Crippen LogP) is 5.26. The Morgan fingerprint density at radius 2 is 1.88 bits per heavy atom. The van der Waals surface area contributed by atoms with E-state index in [9.17, 15) is 5.26 Å². The molecule has 0 saturated heterocycles. The summed E-state index contributed by atoms with van der Waals surface area (Å²) in [7, 11) is 0. The standard InChI is InChI=1S/C26H30N4O2/c1-4-5-12-30-13-10-19-6-7-21(15-20(19)11-14-30)25-28-26(32-29-25)22-8-9-24(31-18(2)3)23(16-22)17-27/h6-9,15-16,18H,4-5,10-14H2,1-3H3. The fourth-order valence-electron chi connectivity index (χ4n) is 4.08. The van der Waals surface area contributed by atoms with Crippen molar-refractivity contribution in [1.29, 1.82) is 5.26 Å². The lowest BCUT2D eigenvalue weighted by atomic mass is 10.00. The molecule has 166 valence electrons. The fourth-order valence-corrected chi connectivity index (χ4v) is 4.08. The maximum atomic E-state index is 9.49. The van der Waals surface area contributed by atoms with E-state index in [0.717, 1.165) is 31.5 Å². The minimum absolute atomic E-state index is 0.00473. The van der Waals surface area contributed by atoms with Gasteiger partial charge in [0.1, 0.15) is 11.8 Å². The minimum atomic E-state index is -0.00473. The molecule has 0 atom stereocenters. The van der Waals surface area contributed by atoms with Crippen LogP contribution in [-0.4, -0.2) is 40.8 Å². The summed E-state index contributed by atoms with van der Waals surface area (Å²) in [5.74, 6) is 1.52. The molecule has 0 radical (unpaired) electrons. The second kappa shape index (κ2) is 9.97. The Bertz CT molecular complexity index is 1110. The van der Waals surface area contributed by atoms with Crippen molar-refractivity contribution in [3.63, 3.8) is 0 Å². The van der Waals surface area contributed by atoms with Crippen LogP contribution in [0.1, 0.15) is 50.3 Å². The molecular formula is C26H30N4O2. The van der Waals surface area contributed by atoms with Gasteiger partial charge in [0, 0.05) is 24.2 Å². The molecule has 2 heterocycles. The maximum absolute atomic E-state index is 9.49. The topological polar surface area (TPSA) is 75.2 Å². The summed E-state index contributed by atoms with van der Waals surface area (Å²) in [5.41, 5.74) is 4.90. The lowest BCUT2D eigenvalue weighted by Crippen LogP contribution is -2.27. The van der Waals surface area contributed by atoms with Crippen molar-refractivity contribution in [2.45, 2.75) is 52.6 Å². The Morgan fingerprint density at radius 1 is 1.09 bits per heavy atom. The van der Waals surface area contributed by atoms with Crippen LogP contribution in [-0.2, 0) is 12.8 Å². The normalized spacial score (nSPS) is 14.1. The first-order chi connectivity index (χ1) is 15.6. The number of benzene rings is 2. The van der Waals surface area contributed by atoms with Gasteiger partial charge in [0.15, 0.2) is 0 Å². The zero-order chi connectivity index (χ0) is 22.5. The Balaban J connectivity index is 1.54. The zero-order valence-electron chi connectivity index (χ0n) is 19.1. The van der Waals surface area contributed by atoms with Gasteiger partial charge in [-0.3, -0.25) is 0 Å². The Kier molecular flexibility index (Phi) is 6.87. The van der Waals surface area contributed by atoms with E-state index in [1.807, 2.05) is 19.9 Å². The van der Waals surface area contributed by atoms with Gasteiger partial charge >= 0.3 is 0 Å². The lowest BCUT2D eigenvalue weighted by molar-refractivity contribution is 0.241. The van der Waals surface area contributed by atoms with E-state index in [4.69, 9.17) is 9.26 Å². The predicted molar refractivity (Wildman–Crippen MR) is 124 cm³/mol. The van der Waals surface area contributed by atoms with Crippen LogP contribution >= 0.6 is 0 Å². The molecule has 1 aliphatic heterocycles. The van der Waals surface area contributed by atoms with Gasteiger partial charge < -0.3 is 14.2 Å². The van der Waals surface area contributed by atoms with Crippen LogP contribution in [0.2, 0.25) is 0 Å². The number of unbranched alkanes of at least 4 members (excludes halogenated alkanes) is 1. The van der Waals surface area contributed by atoms with Gasteiger partial charge in [-0.2, -0.15) is 10.2 Å². The maximum Gasteiger partial charge on any atom is 0.258 e. The summed E-state index contributed by atoms with van der Waals surface area (Å²) in [6.45, 7) is 9.50. The molecule has 3 aromatic rings. The highest BCUT2D eigenvalue weighted by molar-refractivity contribution is 5.64. The largest absolute Gasteiger partial charge is 0.490 e. The number of nitrogens with zero attached hydrogens (tertiary/aromatic N) is 4. The van der Waals surface area contributed by atoms with E-state index in [0.29, 0.717) is 28.6 Å². The van der Waals surface area contributed by atoms with Crippen LogP contribution in [0.4, 0.5) is 0 Å². The third kappa shape index (κ3) is 5.00. The van der Waals surface area contributed by atoms with E-state index in [2.05, 4.69) is 46.2 Å². The third-order valence-electron chi connectivity index (χ3n) is 5.82. The van der Waals surface area contributed by atoms with Gasteiger partial charge in [0.05, 0.1) is 11.7 Å². The van der Waals surface area contributed by atoms with Gasteiger partial charge in [0.2, 0.25) is 5.82 Å². The highest BCUT2D eigenvalue weighted by Crippen LogP contribution is 2.29. The van der Waals surface area contributed by atoms with E-state index < -0.39 is 0 Å². The van der Waals surface area contributed by atoms with Crippen LogP contribution in [0.5, 0.6) is 5.75 Å². The van der Waals surface area contributed by atoms with Crippen molar-refractivity contribution in [1.82, 2.24) is 15.0 Å². The number of ether oxygens (including phenoxy) is 1. The summed E-state index contributed by atoms with van der Waals surface area (Å²) >= 11 is 0. The van der Waals surface area contributed by atoms with Crippen LogP contribution in [0.25, 0.3) is 22.8 Å². The molecule has 0 N–H and O–H groups in total. The second-order valence-corrected chi connectivity index (χ2v) is 8.59. The number of hydrogen-bond acceptors (Lipinski definition) is 6. The van der Waals surface area contributed by atoms with Crippen LogP contribution < -0.4 is 4.74 Å². The number of fused-ring (bicyclic) bond motifs is 1. The molecule has 1 aliphatic rings. The molecule has 0 fully saturated rings. The number of aromatic nitrogens is 2. The molecular weight excluding hydrogens is 400 g/mol. The van der Waals surface area contributed by atoms with Crippen LogP contribution in [0.3, 0.4) is 0 Å². The molecule has 0 unspecified atom stereocenters. The van der Waals surface area contributed by atoms with Gasteiger partial charge in [0.25, 0.3) is 5.89 Å². The van der Waals surface area contributed by atoms with Crippen molar-refractivity contribution in [2.24, 2.45) is 0 Å². The van der Waals surface area contributed by atoms with Gasteiger partial charge in [-0.05, 0) is 75.0 Å². The van der Waals surface area contributed by atoms with Crippen LogP contribution in [0.15, 0.2) is 40.9 Å². The van der Waals surface area contributed by atoms with Crippen molar-refractivity contribution in [3.05, 3.63) is 53.1 Å². The number of nitriles is 1. The van der Waals surface area contributed by atoms with E-state index >= 15 is 0 Å². The molecule has 0 bridgehead atoms. The molecule has 6 heteroatoms. The monoisotopic (exact) mass is 430 g/mol. The van der Waals surface area contributed by atoms with E-state index in [1.165, 1.54) is 30.5 Å². The zero-order valence-corrected chi connectivity index (χ0v) is 19.1. The van der Waals surface area contributed by atoms with Crippen molar-refractivity contribution >= 4 is 0 Å². The summed E-state index contributed by atoms with van der Waals surface area (Å²) < 4.78 is 11.2. The van der Waals surface area contributed by atoms with Gasteiger partial charge in [-0.25, -0.2) is 0 Å². The number of rotatable bonds is 7. The Morgan fingerprint density at radius 3 is 2.62 bits per heavy atom. The van der Waals surface area contributed by atoms with Crippen molar-refractivity contribution in [3.8, 4) is 34.7 Å². The van der Waals surface area contributed by atoms with Crippen LogP contribution in [0, 0.1) is 11.3 Å². The van der Waals surface area contributed by atoms with Gasteiger partial charge in [-0.1, -0.05) is 30.6 Å². The molecule has 0 amide bonds. The summed E-state index contributed by atoms with van der Waals surface area (Å²) in [5, 5.41) is 13.7. The Hall–Kier alpha value is -3.17.